The van der Waals surface area contributed by atoms with E-state index in [1.807, 2.05) is 25.1 Å². The van der Waals surface area contributed by atoms with Gasteiger partial charge in [0.05, 0.1) is 7.11 Å². The zero-order valence-corrected chi connectivity index (χ0v) is 10.1. The van der Waals surface area contributed by atoms with E-state index in [2.05, 4.69) is 17.1 Å². The smallest absolute Gasteiger partial charge is 0.123 e. The number of hydrogen-bond donors (Lipinski definition) is 1. The summed E-state index contributed by atoms with van der Waals surface area (Å²) >= 11 is 0. The summed E-state index contributed by atoms with van der Waals surface area (Å²) in [7, 11) is 1.69. The van der Waals surface area contributed by atoms with Gasteiger partial charge in [0.2, 0.25) is 0 Å². The summed E-state index contributed by atoms with van der Waals surface area (Å²) in [6.07, 6.45) is 2.60. The Morgan fingerprint density at radius 1 is 1.18 bits per heavy atom. The summed E-state index contributed by atoms with van der Waals surface area (Å²) in [5, 5.41) is 0. The summed E-state index contributed by atoms with van der Waals surface area (Å²) in [6.45, 7) is 2.04. The molecule has 17 heavy (non-hydrogen) atoms. The number of methoxy groups -OCH3 is 1. The van der Waals surface area contributed by atoms with Crippen molar-refractivity contribution in [3.05, 3.63) is 53.2 Å². The summed E-state index contributed by atoms with van der Waals surface area (Å²) in [6, 6.07) is 10.1. The van der Waals surface area contributed by atoms with Crippen molar-refractivity contribution in [1.29, 1.82) is 0 Å². The molecule has 0 saturated heterocycles. The normalized spacial score (nSPS) is 10.2. The average molecular weight is 228 g/mol. The highest BCUT2D eigenvalue weighted by molar-refractivity contribution is 5.40. The van der Waals surface area contributed by atoms with E-state index < -0.39 is 0 Å². The fourth-order valence-electron chi connectivity index (χ4n) is 1.89. The number of nitrogens with two attached hydrogens (primary N) is 1. The Morgan fingerprint density at radius 2 is 1.94 bits per heavy atom. The molecule has 0 radical (unpaired) electrons. The molecule has 3 heteroatoms. The summed E-state index contributed by atoms with van der Waals surface area (Å²) in [5.41, 5.74) is 9.22. The molecule has 2 rings (SSSR count). The van der Waals surface area contributed by atoms with Crippen molar-refractivity contribution in [3.63, 3.8) is 0 Å². The van der Waals surface area contributed by atoms with Crippen LogP contribution < -0.4 is 10.5 Å². The van der Waals surface area contributed by atoms with E-state index in [0.29, 0.717) is 5.82 Å². The third-order valence-electron chi connectivity index (χ3n) is 2.71. The second-order valence-electron chi connectivity index (χ2n) is 4.07. The average Bonchev–Trinajstić information content (AvgIpc) is 2.29. The van der Waals surface area contributed by atoms with E-state index in [9.17, 15) is 0 Å². The standard InChI is InChI=1S/C14H16N2O/c1-10-7-11(3-4-13(10)17-2)8-12-5-6-16-14(15)9-12/h3-7,9H,8H2,1-2H3,(H2,15,16). The van der Waals surface area contributed by atoms with Crippen LogP contribution in [0.5, 0.6) is 5.75 Å². The molecule has 1 aromatic carbocycles. The van der Waals surface area contributed by atoms with Crippen molar-refractivity contribution in [2.75, 3.05) is 12.8 Å². The molecule has 0 spiro atoms. The third-order valence-corrected chi connectivity index (χ3v) is 2.71. The zero-order valence-electron chi connectivity index (χ0n) is 10.1. The van der Waals surface area contributed by atoms with Crippen LogP contribution >= 0.6 is 0 Å². The van der Waals surface area contributed by atoms with Gasteiger partial charge in [-0.15, -0.1) is 0 Å². The highest BCUT2D eigenvalue weighted by Gasteiger charge is 2.01. The van der Waals surface area contributed by atoms with Gasteiger partial charge in [0.25, 0.3) is 0 Å². The van der Waals surface area contributed by atoms with Gasteiger partial charge < -0.3 is 10.5 Å². The van der Waals surface area contributed by atoms with Crippen LogP contribution in [0, 0.1) is 6.92 Å². The molecular weight excluding hydrogens is 212 g/mol. The first-order valence-corrected chi connectivity index (χ1v) is 5.53. The van der Waals surface area contributed by atoms with E-state index in [-0.39, 0.29) is 0 Å². The van der Waals surface area contributed by atoms with Crippen molar-refractivity contribution in [1.82, 2.24) is 4.98 Å². The zero-order chi connectivity index (χ0) is 12.3. The lowest BCUT2D eigenvalue weighted by atomic mass is 10.0. The number of ether oxygens (including phenoxy) is 1. The van der Waals surface area contributed by atoms with Crippen LogP contribution in [0.4, 0.5) is 5.82 Å². The molecule has 0 aliphatic heterocycles. The highest BCUT2D eigenvalue weighted by Crippen LogP contribution is 2.20. The maximum atomic E-state index is 5.66. The molecule has 0 saturated carbocycles. The van der Waals surface area contributed by atoms with E-state index in [0.717, 1.165) is 17.7 Å². The number of nitrogens with zero attached hydrogens (tertiary/aromatic N) is 1. The molecule has 0 aliphatic rings. The van der Waals surface area contributed by atoms with Gasteiger partial charge in [0, 0.05) is 6.20 Å². The van der Waals surface area contributed by atoms with E-state index in [1.165, 1.54) is 11.1 Å². The minimum Gasteiger partial charge on any atom is -0.496 e. The lowest BCUT2D eigenvalue weighted by molar-refractivity contribution is 0.411. The first-order valence-electron chi connectivity index (χ1n) is 5.53. The predicted molar refractivity (Wildman–Crippen MR) is 69.2 cm³/mol. The Hall–Kier alpha value is -2.03. The molecule has 0 fully saturated rings. The van der Waals surface area contributed by atoms with Crippen LogP contribution in [0.25, 0.3) is 0 Å². The monoisotopic (exact) mass is 228 g/mol. The van der Waals surface area contributed by atoms with Crippen LogP contribution in [0.3, 0.4) is 0 Å². The third kappa shape index (κ3) is 2.75. The number of pyridine rings is 1. The van der Waals surface area contributed by atoms with Gasteiger partial charge in [-0.25, -0.2) is 4.98 Å². The topological polar surface area (TPSA) is 48.1 Å². The Bertz CT molecular complexity index is 523. The second-order valence-corrected chi connectivity index (χ2v) is 4.07. The maximum Gasteiger partial charge on any atom is 0.123 e. The molecule has 2 aromatic rings. The molecule has 0 atom stereocenters. The van der Waals surface area contributed by atoms with Gasteiger partial charge in [-0.05, 0) is 48.2 Å². The Balaban J connectivity index is 2.22. The number of anilines is 1. The van der Waals surface area contributed by atoms with Crippen LogP contribution in [0.2, 0.25) is 0 Å². The minimum atomic E-state index is 0.563. The van der Waals surface area contributed by atoms with Crippen molar-refractivity contribution < 1.29 is 4.74 Å². The van der Waals surface area contributed by atoms with Crippen molar-refractivity contribution in [2.45, 2.75) is 13.3 Å². The lowest BCUT2D eigenvalue weighted by Crippen LogP contribution is -1.95. The molecule has 2 N–H and O–H groups in total. The summed E-state index contributed by atoms with van der Waals surface area (Å²) < 4.78 is 5.24. The molecule has 0 amide bonds. The number of nitrogen functional groups attached to an aromatic ring is 1. The molecular formula is C14H16N2O. The van der Waals surface area contributed by atoms with Crippen molar-refractivity contribution in [3.8, 4) is 5.75 Å². The quantitative estimate of drug-likeness (QED) is 0.878. The van der Waals surface area contributed by atoms with Gasteiger partial charge in [0.15, 0.2) is 0 Å². The largest absolute Gasteiger partial charge is 0.496 e. The lowest BCUT2D eigenvalue weighted by Gasteiger charge is -2.07. The molecule has 1 heterocycles. The Kier molecular flexibility index (Phi) is 3.28. The first kappa shape index (κ1) is 11.5. The summed E-state index contributed by atoms with van der Waals surface area (Å²) in [4.78, 5) is 3.98. The number of aryl methyl sites for hydroxylation is 1. The van der Waals surface area contributed by atoms with Crippen molar-refractivity contribution >= 4 is 5.82 Å². The predicted octanol–water partition coefficient (Wildman–Crippen LogP) is 2.57. The van der Waals surface area contributed by atoms with E-state index in [4.69, 9.17) is 10.5 Å². The van der Waals surface area contributed by atoms with Gasteiger partial charge in [-0.2, -0.15) is 0 Å². The molecule has 0 aliphatic carbocycles. The summed E-state index contributed by atoms with van der Waals surface area (Å²) in [5.74, 6) is 1.48. The van der Waals surface area contributed by atoms with E-state index >= 15 is 0 Å². The van der Waals surface area contributed by atoms with Gasteiger partial charge in [-0.1, -0.05) is 12.1 Å². The molecule has 88 valence electrons. The minimum absolute atomic E-state index is 0.563. The fraction of sp³-hybridized carbons (Fsp3) is 0.214. The van der Waals surface area contributed by atoms with Crippen LogP contribution in [0.1, 0.15) is 16.7 Å². The molecule has 0 bridgehead atoms. The molecule has 0 unspecified atom stereocenters. The number of aromatic nitrogens is 1. The van der Waals surface area contributed by atoms with Crippen molar-refractivity contribution in [2.24, 2.45) is 0 Å². The Labute approximate surface area is 101 Å². The fourth-order valence-corrected chi connectivity index (χ4v) is 1.89. The SMILES string of the molecule is COc1ccc(Cc2ccnc(N)c2)cc1C. The van der Waals surface area contributed by atoms with Gasteiger partial charge >= 0.3 is 0 Å². The molecule has 3 nitrogen and oxygen atoms in total. The number of benzene rings is 1. The van der Waals surface area contributed by atoms with Crippen LogP contribution in [0.15, 0.2) is 36.5 Å². The Morgan fingerprint density at radius 3 is 2.59 bits per heavy atom. The van der Waals surface area contributed by atoms with Crippen LogP contribution in [-0.2, 0) is 6.42 Å². The first-order chi connectivity index (χ1) is 8.19. The second kappa shape index (κ2) is 4.87. The number of rotatable bonds is 3. The van der Waals surface area contributed by atoms with Crippen LogP contribution in [-0.4, -0.2) is 12.1 Å². The number of hydrogen-bond acceptors (Lipinski definition) is 3. The highest BCUT2D eigenvalue weighted by atomic mass is 16.5. The van der Waals surface area contributed by atoms with E-state index in [1.54, 1.807) is 13.3 Å². The van der Waals surface area contributed by atoms with Gasteiger partial charge in [0.1, 0.15) is 11.6 Å². The molecule has 1 aromatic heterocycles. The maximum absolute atomic E-state index is 5.66. The van der Waals surface area contributed by atoms with Gasteiger partial charge in [-0.3, -0.25) is 0 Å².